The number of benzene rings is 1. The van der Waals surface area contributed by atoms with Gasteiger partial charge in [-0.3, -0.25) is 0 Å². The molecule has 0 bridgehead atoms. The van der Waals surface area contributed by atoms with Crippen molar-refractivity contribution in [1.29, 1.82) is 0 Å². The molecule has 1 aromatic carbocycles. The molecular weight excluding hydrogens is 304 g/mol. The van der Waals surface area contributed by atoms with E-state index in [1.807, 2.05) is 36.9 Å². The molecule has 2 rings (SSSR count). The first kappa shape index (κ1) is 16.2. The van der Waals surface area contributed by atoms with E-state index in [-0.39, 0.29) is 0 Å². The monoisotopic (exact) mass is 324 g/mol. The molecule has 0 aliphatic heterocycles. The molecule has 0 saturated heterocycles. The van der Waals surface area contributed by atoms with Gasteiger partial charge in [-0.2, -0.15) is 11.3 Å². The van der Waals surface area contributed by atoms with E-state index in [1.165, 1.54) is 0 Å². The minimum absolute atomic E-state index is 0.362. The second-order valence-corrected chi connectivity index (χ2v) is 7.37. The smallest absolute Gasteiger partial charge is 0.240 e. The van der Waals surface area contributed by atoms with Crippen molar-refractivity contribution in [3.8, 4) is 0 Å². The Hall–Kier alpha value is -1.21. The molecule has 2 N–H and O–H groups in total. The number of nitrogens with one attached hydrogen (secondary N) is 2. The summed E-state index contributed by atoms with van der Waals surface area (Å²) in [5.41, 5.74) is 2.96. The van der Waals surface area contributed by atoms with Crippen LogP contribution in [0.2, 0.25) is 0 Å². The Morgan fingerprint density at radius 3 is 2.71 bits per heavy atom. The lowest BCUT2D eigenvalue weighted by molar-refractivity contribution is 0.580. The molecule has 0 unspecified atom stereocenters. The Balaban J connectivity index is 2.10. The largest absolute Gasteiger partial charge is 0.316 e. The highest BCUT2D eigenvalue weighted by molar-refractivity contribution is 7.89. The molecular formula is C15H20N2O2S2. The van der Waals surface area contributed by atoms with Gasteiger partial charge in [0.2, 0.25) is 10.0 Å². The third-order valence-electron chi connectivity index (χ3n) is 3.34. The molecule has 0 aliphatic carbocycles. The van der Waals surface area contributed by atoms with Crippen LogP contribution in [0.15, 0.2) is 39.9 Å². The van der Waals surface area contributed by atoms with Crippen molar-refractivity contribution >= 4 is 21.4 Å². The van der Waals surface area contributed by atoms with Gasteiger partial charge in [-0.05, 0) is 60.0 Å². The zero-order chi connectivity index (χ0) is 15.3. The first-order valence-corrected chi connectivity index (χ1v) is 9.21. The quantitative estimate of drug-likeness (QED) is 0.821. The van der Waals surface area contributed by atoms with Crippen molar-refractivity contribution in [3.05, 3.63) is 51.7 Å². The second-order valence-electron chi connectivity index (χ2n) is 4.85. The van der Waals surface area contributed by atoms with E-state index < -0.39 is 10.0 Å². The Morgan fingerprint density at radius 2 is 2.05 bits per heavy atom. The molecule has 0 saturated carbocycles. The number of hydrogen-bond donors (Lipinski definition) is 2. The first-order valence-electron chi connectivity index (χ1n) is 6.78. The molecule has 4 nitrogen and oxygen atoms in total. The fourth-order valence-electron chi connectivity index (χ4n) is 2.18. The van der Waals surface area contributed by atoms with Crippen LogP contribution in [0.1, 0.15) is 16.7 Å². The molecule has 0 fully saturated rings. The number of sulfonamides is 1. The highest BCUT2D eigenvalue weighted by Gasteiger charge is 2.17. The molecule has 0 atom stereocenters. The zero-order valence-corrected chi connectivity index (χ0v) is 13.9. The molecule has 0 aliphatic rings. The van der Waals surface area contributed by atoms with Gasteiger partial charge in [-0.15, -0.1) is 0 Å². The minimum atomic E-state index is -3.46. The van der Waals surface area contributed by atoms with Crippen LogP contribution >= 0.6 is 11.3 Å². The van der Waals surface area contributed by atoms with E-state index in [4.69, 9.17) is 0 Å². The summed E-state index contributed by atoms with van der Waals surface area (Å²) in [6, 6.07) is 7.39. The highest BCUT2D eigenvalue weighted by atomic mass is 32.2. The Labute approximate surface area is 130 Å². The van der Waals surface area contributed by atoms with Gasteiger partial charge in [0.25, 0.3) is 0 Å². The topological polar surface area (TPSA) is 58.2 Å². The summed E-state index contributed by atoms with van der Waals surface area (Å²) in [5, 5.41) is 7.08. The van der Waals surface area contributed by atoms with E-state index in [0.717, 1.165) is 16.7 Å². The molecule has 0 spiro atoms. The van der Waals surface area contributed by atoms with Crippen LogP contribution in [0.25, 0.3) is 0 Å². The van der Waals surface area contributed by atoms with Gasteiger partial charge in [0, 0.05) is 13.1 Å². The van der Waals surface area contributed by atoms with Crippen LogP contribution in [0.3, 0.4) is 0 Å². The Morgan fingerprint density at radius 1 is 1.24 bits per heavy atom. The minimum Gasteiger partial charge on any atom is -0.316 e. The Bertz CT molecular complexity index is 680. The normalized spacial score (nSPS) is 11.7. The van der Waals surface area contributed by atoms with Crippen molar-refractivity contribution < 1.29 is 8.42 Å². The molecule has 6 heteroatoms. The zero-order valence-electron chi connectivity index (χ0n) is 12.2. The van der Waals surface area contributed by atoms with Crippen LogP contribution in [-0.4, -0.2) is 22.0 Å². The molecule has 0 amide bonds. The maximum absolute atomic E-state index is 12.4. The molecule has 114 valence electrons. The van der Waals surface area contributed by atoms with Crippen LogP contribution in [0.4, 0.5) is 0 Å². The van der Waals surface area contributed by atoms with E-state index >= 15 is 0 Å². The highest BCUT2D eigenvalue weighted by Crippen LogP contribution is 2.18. The summed E-state index contributed by atoms with van der Waals surface area (Å²) < 4.78 is 27.5. The average Bonchev–Trinajstić information content (AvgIpc) is 2.94. The van der Waals surface area contributed by atoms with Crippen molar-refractivity contribution in [3.63, 3.8) is 0 Å². The summed E-state index contributed by atoms with van der Waals surface area (Å²) in [6.07, 6.45) is 0.706. The van der Waals surface area contributed by atoms with Gasteiger partial charge in [0.1, 0.15) is 0 Å². The number of rotatable bonds is 7. The summed E-state index contributed by atoms with van der Waals surface area (Å²) in [6.45, 7) is 2.92. The third kappa shape index (κ3) is 4.14. The van der Waals surface area contributed by atoms with Crippen molar-refractivity contribution in [2.75, 3.05) is 13.6 Å². The number of thiophene rings is 1. The Kier molecular flexibility index (Phi) is 5.52. The fraction of sp³-hybridized carbons (Fsp3) is 0.333. The molecule has 1 aromatic heterocycles. The van der Waals surface area contributed by atoms with Crippen LogP contribution in [0, 0.1) is 6.92 Å². The van der Waals surface area contributed by atoms with Crippen LogP contribution in [-0.2, 0) is 23.0 Å². The molecule has 2 aromatic rings. The molecule has 1 heterocycles. The lowest BCUT2D eigenvalue weighted by Crippen LogP contribution is -2.27. The number of hydrogen-bond acceptors (Lipinski definition) is 4. The van der Waals surface area contributed by atoms with Gasteiger partial charge < -0.3 is 5.32 Å². The summed E-state index contributed by atoms with van der Waals surface area (Å²) in [4.78, 5) is 0.362. The summed E-state index contributed by atoms with van der Waals surface area (Å²) in [7, 11) is -1.61. The fourth-order valence-corrected chi connectivity index (χ4v) is 4.20. The standard InChI is InChI=1S/C15H20N2O2S2/c1-12-14(10-16-2)4-3-5-15(12)21(18,19)17-8-6-13-7-9-20-11-13/h3-5,7,9,11,16-17H,6,8,10H2,1-2H3. The van der Waals surface area contributed by atoms with Crippen molar-refractivity contribution in [1.82, 2.24) is 10.0 Å². The van der Waals surface area contributed by atoms with E-state index in [1.54, 1.807) is 23.5 Å². The summed E-state index contributed by atoms with van der Waals surface area (Å²) in [5.74, 6) is 0. The van der Waals surface area contributed by atoms with Crippen molar-refractivity contribution in [2.24, 2.45) is 0 Å². The van der Waals surface area contributed by atoms with Gasteiger partial charge >= 0.3 is 0 Å². The third-order valence-corrected chi connectivity index (χ3v) is 5.68. The molecule has 21 heavy (non-hydrogen) atoms. The van der Waals surface area contributed by atoms with E-state index in [9.17, 15) is 8.42 Å². The maximum atomic E-state index is 12.4. The summed E-state index contributed by atoms with van der Waals surface area (Å²) >= 11 is 1.62. The van der Waals surface area contributed by atoms with Gasteiger partial charge in [-0.25, -0.2) is 13.1 Å². The van der Waals surface area contributed by atoms with E-state index in [0.29, 0.717) is 24.4 Å². The van der Waals surface area contributed by atoms with Gasteiger partial charge in [0.05, 0.1) is 4.90 Å². The lowest BCUT2D eigenvalue weighted by atomic mass is 10.1. The van der Waals surface area contributed by atoms with Gasteiger partial charge in [0.15, 0.2) is 0 Å². The predicted molar refractivity (Wildman–Crippen MR) is 87.2 cm³/mol. The first-order chi connectivity index (χ1) is 10.0. The second kappa shape index (κ2) is 7.17. The SMILES string of the molecule is CNCc1cccc(S(=O)(=O)NCCc2ccsc2)c1C. The van der Waals surface area contributed by atoms with Gasteiger partial charge in [-0.1, -0.05) is 12.1 Å². The maximum Gasteiger partial charge on any atom is 0.240 e. The average molecular weight is 324 g/mol. The lowest BCUT2D eigenvalue weighted by Gasteiger charge is -2.12. The molecule has 0 radical (unpaired) electrons. The van der Waals surface area contributed by atoms with Crippen LogP contribution < -0.4 is 10.0 Å². The van der Waals surface area contributed by atoms with E-state index in [2.05, 4.69) is 10.0 Å². The predicted octanol–water partition coefficient (Wildman–Crippen LogP) is 2.30. The van der Waals surface area contributed by atoms with Crippen LogP contribution in [0.5, 0.6) is 0 Å². The van der Waals surface area contributed by atoms with Crippen molar-refractivity contribution in [2.45, 2.75) is 24.8 Å².